The zero-order chi connectivity index (χ0) is 25.5. The monoisotopic (exact) mass is 494 g/mol. The van der Waals surface area contributed by atoms with Gasteiger partial charge in [-0.25, -0.2) is 4.79 Å². The van der Waals surface area contributed by atoms with E-state index in [2.05, 4.69) is 10.6 Å². The van der Waals surface area contributed by atoms with Gasteiger partial charge in [0.2, 0.25) is 5.91 Å². The number of carboxylic acids is 1. The maximum atomic E-state index is 12.7. The Labute approximate surface area is 208 Å². The van der Waals surface area contributed by atoms with Crippen molar-refractivity contribution in [3.63, 3.8) is 0 Å². The molecule has 0 bridgehead atoms. The van der Waals surface area contributed by atoms with E-state index in [1.54, 1.807) is 61.5 Å². The minimum atomic E-state index is -1.16. The van der Waals surface area contributed by atoms with E-state index in [1.807, 2.05) is 13.0 Å². The lowest BCUT2D eigenvalue weighted by Crippen LogP contribution is -2.42. The first kappa shape index (κ1) is 25.8. The molecule has 3 aromatic rings. The average molecular weight is 495 g/mol. The van der Waals surface area contributed by atoms with E-state index >= 15 is 0 Å². The summed E-state index contributed by atoms with van der Waals surface area (Å²) in [6.07, 6.45) is 0.804. The van der Waals surface area contributed by atoms with E-state index < -0.39 is 17.9 Å². The summed E-state index contributed by atoms with van der Waals surface area (Å²) in [6.45, 7) is 3.55. The van der Waals surface area contributed by atoms with Gasteiger partial charge in [0.05, 0.1) is 10.6 Å². The van der Waals surface area contributed by atoms with Crippen LogP contribution in [-0.4, -0.2) is 34.0 Å². The smallest absolute Gasteiger partial charge is 0.326 e. The van der Waals surface area contributed by atoms with Gasteiger partial charge >= 0.3 is 5.97 Å². The lowest BCUT2D eigenvalue weighted by Gasteiger charge is -2.17. The van der Waals surface area contributed by atoms with Crippen molar-refractivity contribution in [1.29, 1.82) is 0 Å². The van der Waals surface area contributed by atoms with Gasteiger partial charge < -0.3 is 20.8 Å². The van der Waals surface area contributed by atoms with Crippen LogP contribution in [0.25, 0.3) is 0 Å². The quantitative estimate of drug-likeness (QED) is 0.345. The van der Waals surface area contributed by atoms with Gasteiger partial charge in [0.1, 0.15) is 11.8 Å². The third-order valence-corrected chi connectivity index (χ3v) is 5.92. The number of halogens is 1. The van der Waals surface area contributed by atoms with Crippen LogP contribution in [-0.2, 0) is 22.4 Å². The Morgan fingerprint density at radius 3 is 2.34 bits per heavy atom. The first-order chi connectivity index (χ1) is 16.6. The minimum absolute atomic E-state index is 0.0666. The third kappa shape index (κ3) is 7.07. The molecule has 8 heteroatoms. The highest BCUT2D eigenvalue weighted by molar-refractivity contribution is 6.34. The Hall–Kier alpha value is -3.84. The minimum Gasteiger partial charge on any atom is -0.508 e. The molecule has 1 atom stereocenters. The molecule has 0 saturated heterocycles. The highest BCUT2D eigenvalue weighted by Crippen LogP contribution is 2.21. The Morgan fingerprint density at radius 2 is 1.69 bits per heavy atom. The summed E-state index contributed by atoms with van der Waals surface area (Å²) in [5.41, 5.74) is 3.85. The number of amides is 2. The Morgan fingerprint density at radius 1 is 0.943 bits per heavy atom. The van der Waals surface area contributed by atoms with Crippen molar-refractivity contribution in [2.75, 3.05) is 5.32 Å². The van der Waals surface area contributed by atoms with Crippen LogP contribution in [0, 0.1) is 13.8 Å². The Balaban J connectivity index is 1.63. The van der Waals surface area contributed by atoms with E-state index in [1.165, 1.54) is 0 Å². The number of hydrogen-bond acceptors (Lipinski definition) is 4. The highest BCUT2D eigenvalue weighted by Gasteiger charge is 2.23. The molecule has 182 valence electrons. The fraction of sp³-hybridized carbons (Fsp3) is 0.222. The van der Waals surface area contributed by atoms with E-state index in [0.717, 1.165) is 11.1 Å². The van der Waals surface area contributed by atoms with Gasteiger partial charge in [-0.15, -0.1) is 0 Å². The van der Waals surface area contributed by atoms with Crippen LogP contribution in [0.2, 0.25) is 5.02 Å². The number of carboxylic acid groups (broad SMARTS) is 1. The number of phenolic OH excluding ortho intramolecular Hbond substituents is 1. The van der Waals surface area contributed by atoms with Gasteiger partial charge in [0.15, 0.2) is 0 Å². The average Bonchev–Trinajstić information content (AvgIpc) is 2.79. The third-order valence-electron chi connectivity index (χ3n) is 5.61. The van der Waals surface area contributed by atoms with Crippen LogP contribution < -0.4 is 10.6 Å². The number of phenols is 1. The standard InChI is InChI=1S/C27H27ClN2O5/c1-16-5-3-8-21(28)25(16)26(33)30-23(27(34)35)15-19-9-11-22(17(2)13-19)29-24(32)12-10-18-6-4-7-20(31)14-18/h3-9,11,13-14,23,31H,10,12,15H2,1-2H3,(H,29,32)(H,30,33)(H,34,35). The van der Waals surface area contributed by atoms with Crippen molar-refractivity contribution >= 4 is 35.1 Å². The van der Waals surface area contributed by atoms with Crippen LogP contribution in [0.1, 0.15) is 39.0 Å². The fourth-order valence-corrected chi connectivity index (χ4v) is 4.07. The summed E-state index contributed by atoms with van der Waals surface area (Å²) in [5, 5.41) is 24.9. The predicted octanol–water partition coefficient (Wildman–Crippen LogP) is 4.66. The van der Waals surface area contributed by atoms with Crippen molar-refractivity contribution in [1.82, 2.24) is 5.32 Å². The predicted molar refractivity (Wildman–Crippen MR) is 135 cm³/mol. The number of aromatic hydroxyl groups is 1. The van der Waals surface area contributed by atoms with Gasteiger partial charge in [-0.05, 0) is 66.8 Å². The molecule has 35 heavy (non-hydrogen) atoms. The summed E-state index contributed by atoms with van der Waals surface area (Å²) in [5.74, 6) is -1.72. The zero-order valence-electron chi connectivity index (χ0n) is 19.5. The Bertz CT molecular complexity index is 1240. The number of rotatable bonds is 9. The molecule has 0 fully saturated rings. The second-order valence-electron chi connectivity index (χ2n) is 8.37. The molecule has 0 aliphatic rings. The van der Waals surface area contributed by atoms with Crippen molar-refractivity contribution < 1.29 is 24.6 Å². The van der Waals surface area contributed by atoms with E-state index in [9.17, 15) is 24.6 Å². The molecule has 0 spiro atoms. The summed E-state index contributed by atoms with van der Waals surface area (Å²) in [6, 6.07) is 15.9. The molecule has 2 amide bonds. The molecule has 1 unspecified atom stereocenters. The number of anilines is 1. The normalized spacial score (nSPS) is 11.5. The van der Waals surface area contributed by atoms with Crippen molar-refractivity contribution in [3.05, 3.63) is 93.5 Å². The van der Waals surface area contributed by atoms with Gasteiger partial charge in [-0.3, -0.25) is 9.59 Å². The first-order valence-electron chi connectivity index (χ1n) is 11.1. The van der Waals surface area contributed by atoms with Gasteiger partial charge in [0.25, 0.3) is 5.91 Å². The van der Waals surface area contributed by atoms with Gasteiger partial charge in [-0.1, -0.05) is 48.0 Å². The SMILES string of the molecule is Cc1cc(CC(NC(=O)c2c(C)cccc2Cl)C(=O)O)ccc1NC(=O)CCc1cccc(O)c1. The summed E-state index contributed by atoms with van der Waals surface area (Å²) in [4.78, 5) is 36.9. The largest absolute Gasteiger partial charge is 0.508 e. The Kier molecular flexibility index (Phi) is 8.49. The van der Waals surface area contributed by atoms with E-state index in [-0.39, 0.29) is 35.1 Å². The second kappa shape index (κ2) is 11.5. The molecule has 4 N–H and O–H groups in total. The number of nitrogens with one attached hydrogen (secondary N) is 2. The van der Waals surface area contributed by atoms with Gasteiger partial charge in [0, 0.05) is 18.5 Å². The topological polar surface area (TPSA) is 116 Å². The summed E-state index contributed by atoms with van der Waals surface area (Å²) < 4.78 is 0. The van der Waals surface area contributed by atoms with Crippen LogP contribution in [0.15, 0.2) is 60.7 Å². The highest BCUT2D eigenvalue weighted by atomic mass is 35.5. The number of aliphatic carboxylic acids is 1. The van der Waals surface area contributed by atoms with Crippen molar-refractivity contribution in [2.24, 2.45) is 0 Å². The molecule has 3 aromatic carbocycles. The van der Waals surface area contributed by atoms with Crippen molar-refractivity contribution in [3.8, 4) is 5.75 Å². The number of benzene rings is 3. The maximum absolute atomic E-state index is 12.7. The molecule has 0 aliphatic heterocycles. The zero-order valence-corrected chi connectivity index (χ0v) is 20.2. The van der Waals surface area contributed by atoms with E-state index in [4.69, 9.17) is 11.6 Å². The number of carbonyl (C=O) groups is 3. The van der Waals surface area contributed by atoms with Crippen LogP contribution >= 0.6 is 11.6 Å². The molecular formula is C27H27ClN2O5. The van der Waals surface area contributed by atoms with Crippen molar-refractivity contribution in [2.45, 2.75) is 39.2 Å². The lowest BCUT2D eigenvalue weighted by atomic mass is 10.0. The molecule has 0 saturated carbocycles. The maximum Gasteiger partial charge on any atom is 0.326 e. The van der Waals surface area contributed by atoms with E-state index in [0.29, 0.717) is 23.2 Å². The number of hydrogen-bond donors (Lipinski definition) is 4. The summed E-state index contributed by atoms with van der Waals surface area (Å²) >= 11 is 6.14. The molecule has 0 aromatic heterocycles. The van der Waals surface area contributed by atoms with Crippen LogP contribution in [0.4, 0.5) is 5.69 Å². The molecule has 7 nitrogen and oxygen atoms in total. The fourth-order valence-electron chi connectivity index (χ4n) is 3.76. The lowest BCUT2D eigenvalue weighted by molar-refractivity contribution is -0.139. The number of aryl methyl sites for hydroxylation is 3. The molecule has 0 heterocycles. The molecular weight excluding hydrogens is 468 g/mol. The van der Waals surface area contributed by atoms with Crippen LogP contribution in [0.5, 0.6) is 5.75 Å². The second-order valence-corrected chi connectivity index (χ2v) is 8.77. The summed E-state index contributed by atoms with van der Waals surface area (Å²) in [7, 11) is 0. The van der Waals surface area contributed by atoms with Gasteiger partial charge in [-0.2, -0.15) is 0 Å². The molecule has 0 aliphatic carbocycles. The molecule has 0 radical (unpaired) electrons. The number of carbonyl (C=O) groups excluding carboxylic acids is 2. The first-order valence-corrected chi connectivity index (χ1v) is 11.5. The molecule has 3 rings (SSSR count). The van der Waals surface area contributed by atoms with Crippen LogP contribution in [0.3, 0.4) is 0 Å².